The van der Waals surface area contributed by atoms with E-state index in [1.807, 2.05) is 36.4 Å². The zero-order valence-electron chi connectivity index (χ0n) is 17.4. The van der Waals surface area contributed by atoms with Crippen LogP contribution in [0.3, 0.4) is 0 Å². The molecule has 0 aliphatic carbocycles. The molecule has 6 nitrogen and oxygen atoms in total. The van der Waals surface area contributed by atoms with Gasteiger partial charge in [-0.1, -0.05) is 57.9 Å². The van der Waals surface area contributed by atoms with E-state index in [1.54, 1.807) is 38.3 Å². The van der Waals surface area contributed by atoms with Crippen LogP contribution in [-0.2, 0) is 6.61 Å². The number of benzene rings is 3. The van der Waals surface area contributed by atoms with Crippen LogP contribution in [0.1, 0.15) is 17.0 Å². The first kappa shape index (κ1) is 22.0. The SMILES string of the molecule is COc1cc(C=Nn2c(C)nc3ccc(Br)cc3c2=O)cc(Cl)c1OCc1ccccc1. The molecule has 0 N–H and O–H groups in total. The smallest absolute Gasteiger partial charge is 0.282 e. The summed E-state index contributed by atoms with van der Waals surface area (Å²) in [6, 6.07) is 18.6. The lowest BCUT2D eigenvalue weighted by atomic mass is 10.2. The van der Waals surface area contributed by atoms with Gasteiger partial charge >= 0.3 is 0 Å². The molecule has 0 saturated heterocycles. The summed E-state index contributed by atoms with van der Waals surface area (Å²) < 4.78 is 13.4. The van der Waals surface area contributed by atoms with Crippen molar-refractivity contribution in [3.8, 4) is 11.5 Å². The van der Waals surface area contributed by atoms with E-state index in [4.69, 9.17) is 21.1 Å². The van der Waals surface area contributed by atoms with E-state index in [1.165, 1.54) is 10.9 Å². The maximum atomic E-state index is 12.9. The molecule has 0 amide bonds. The summed E-state index contributed by atoms with van der Waals surface area (Å²) in [5, 5.41) is 5.20. The highest BCUT2D eigenvalue weighted by Gasteiger charge is 2.13. The maximum absolute atomic E-state index is 12.9. The normalized spacial score (nSPS) is 11.2. The molecule has 0 unspecified atom stereocenters. The Morgan fingerprint density at radius 3 is 2.69 bits per heavy atom. The molecule has 0 aliphatic heterocycles. The Morgan fingerprint density at radius 2 is 1.94 bits per heavy atom. The summed E-state index contributed by atoms with van der Waals surface area (Å²) >= 11 is 9.86. The van der Waals surface area contributed by atoms with Gasteiger partial charge in [0, 0.05) is 4.47 Å². The number of halogens is 2. The molecule has 4 aromatic rings. The number of hydrogen-bond donors (Lipinski definition) is 0. The molecular weight excluding hydrogens is 494 g/mol. The van der Waals surface area contributed by atoms with Gasteiger partial charge in [0.05, 0.1) is 29.2 Å². The fourth-order valence-electron chi connectivity index (χ4n) is 3.20. The number of hydrogen-bond acceptors (Lipinski definition) is 5. The molecule has 0 fully saturated rings. The first-order valence-corrected chi connectivity index (χ1v) is 10.9. The molecule has 8 heteroatoms. The van der Waals surface area contributed by atoms with Gasteiger partial charge in [0.25, 0.3) is 5.56 Å². The van der Waals surface area contributed by atoms with E-state index >= 15 is 0 Å². The van der Waals surface area contributed by atoms with Crippen LogP contribution in [-0.4, -0.2) is 23.0 Å². The molecule has 1 aromatic heterocycles. The second-order valence-electron chi connectivity index (χ2n) is 6.99. The van der Waals surface area contributed by atoms with Gasteiger partial charge in [0.15, 0.2) is 11.5 Å². The Morgan fingerprint density at radius 1 is 1.16 bits per heavy atom. The predicted octanol–water partition coefficient (Wildman–Crippen LogP) is 5.59. The van der Waals surface area contributed by atoms with Gasteiger partial charge < -0.3 is 9.47 Å². The Bertz CT molecular complexity index is 1370. The third kappa shape index (κ3) is 4.69. The monoisotopic (exact) mass is 511 g/mol. The third-order valence-corrected chi connectivity index (χ3v) is 5.54. The van der Waals surface area contributed by atoms with Gasteiger partial charge in [0.2, 0.25) is 0 Å². The Kier molecular flexibility index (Phi) is 6.58. The Hall–Kier alpha value is -3.16. The average molecular weight is 513 g/mol. The lowest BCUT2D eigenvalue weighted by Gasteiger charge is -2.13. The average Bonchev–Trinajstić information content (AvgIpc) is 2.79. The highest BCUT2D eigenvalue weighted by Crippen LogP contribution is 2.36. The van der Waals surface area contributed by atoms with Crippen molar-refractivity contribution in [3.05, 3.63) is 97.5 Å². The highest BCUT2D eigenvalue weighted by molar-refractivity contribution is 9.10. The number of aryl methyl sites for hydroxylation is 1. The number of ether oxygens (including phenoxy) is 2. The van der Waals surface area contributed by atoms with Gasteiger partial charge in [-0.25, -0.2) is 4.98 Å². The minimum absolute atomic E-state index is 0.258. The lowest BCUT2D eigenvalue weighted by Crippen LogP contribution is -2.20. The van der Waals surface area contributed by atoms with Gasteiger partial charge in [-0.2, -0.15) is 9.78 Å². The number of rotatable bonds is 6. The van der Waals surface area contributed by atoms with Crippen LogP contribution < -0.4 is 15.0 Å². The van der Waals surface area contributed by atoms with Crippen LogP contribution in [0.4, 0.5) is 0 Å². The van der Waals surface area contributed by atoms with Crippen molar-refractivity contribution in [2.75, 3.05) is 7.11 Å². The quantitative estimate of drug-likeness (QED) is 0.316. The number of fused-ring (bicyclic) bond motifs is 1. The second-order valence-corrected chi connectivity index (χ2v) is 8.31. The van der Waals surface area contributed by atoms with E-state index in [0.29, 0.717) is 45.4 Å². The molecule has 0 spiro atoms. The topological polar surface area (TPSA) is 65.7 Å². The zero-order chi connectivity index (χ0) is 22.7. The zero-order valence-corrected chi connectivity index (χ0v) is 19.7. The van der Waals surface area contributed by atoms with Crippen LogP contribution in [0.25, 0.3) is 10.9 Å². The van der Waals surface area contributed by atoms with E-state index < -0.39 is 0 Å². The van der Waals surface area contributed by atoms with Gasteiger partial charge in [0.1, 0.15) is 12.4 Å². The van der Waals surface area contributed by atoms with Crippen LogP contribution in [0, 0.1) is 6.92 Å². The second kappa shape index (κ2) is 9.54. The van der Waals surface area contributed by atoms with Crippen LogP contribution >= 0.6 is 27.5 Å². The number of methoxy groups -OCH3 is 1. The van der Waals surface area contributed by atoms with E-state index in [9.17, 15) is 4.79 Å². The van der Waals surface area contributed by atoms with Crippen molar-refractivity contribution in [1.82, 2.24) is 9.66 Å². The predicted molar refractivity (Wildman–Crippen MR) is 130 cm³/mol. The highest BCUT2D eigenvalue weighted by atomic mass is 79.9. The van der Waals surface area contributed by atoms with E-state index in [2.05, 4.69) is 26.0 Å². The van der Waals surface area contributed by atoms with E-state index in [-0.39, 0.29) is 5.56 Å². The van der Waals surface area contributed by atoms with Crippen LogP contribution in [0.2, 0.25) is 5.02 Å². The lowest BCUT2D eigenvalue weighted by molar-refractivity contribution is 0.284. The van der Waals surface area contributed by atoms with Crippen molar-refractivity contribution in [2.45, 2.75) is 13.5 Å². The van der Waals surface area contributed by atoms with Gasteiger partial charge in [-0.3, -0.25) is 4.79 Å². The maximum Gasteiger partial charge on any atom is 0.282 e. The van der Waals surface area contributed by atoms with Crippen LogP contribution in [0.5, 0.6) is 11.5 Å². The molecule has 1 heterocycles. The minimum Gasteiger partial charge on any atom is -0.493 e. The molecule has 162 valence electrons. The first-order valence-electron chi connectivity index (χ1n) is 9.74. The molecule has 3 aromatic carbocycles. The number of aromatic nitrogens is 2. The van der Waals surface area contributed by atoms with Crippen molar-refractivity contribution < 1.29 is 9.47 Å². The first-order chi connectivity index (χ1) is 15.5. The molecule has 0 bridgehead atoms. The largest absolute Gasteiger partial charge is 0.493 e. The van der Waals surface area contributed by atoms with Crippen molar-refractivity contribution in [3.63, 3.8) is 0 Å². The fourth-order valence-corrected chi connectivity index (χ4v) is 3.84. The number of nitrogens with zero attached hydrogens (tertiary/aromatic N) is 3. The standard InChI is InChI=1S/C24H19BrClN3O3/c1-15-28-21-9-8-18(25)12-19(21)24(30)29(15)27-13-17-10-20(26)23(22(11-17)31-2)32-14-16-6-4-3-5-7-16/h3-13H,14H2,1-2H3. The Balaban J connectivity index is 1.65. The molecule has 0 saturated carbocycles. The molecular formula is C24H19BrClN3O3. The Labute approximate surface area is 198 Å². The van der Waals surface area contributed by atoms with Crippen molar-refractivity contribution >= 4 is 44.6 Å². The minimum atomic E-state index is -0.258. The summed E-state index contributed by atoms with van der Waals surface area (Å²) in [5.41, 5.74) is 2.03. The molecule has 32 heavy (non-hydrogen) atoms. The summed E-state index contributed by atoms with van der Waals surface area (Å²) in [5.74, 6) is 1.39. The van der Waals surface area contributed by atoms with Crippen molar-refractivity contribution in [2.24, 2.45) is 5.10 Å². The summed E-state index contributed by atoms with van der Waals surface area (Å²) in [6.07, 6.45) is 1.54. The van der Waals surface area contributed by atoms with Crippen molar-refractivity contribution in [1.29, 1.82) is 0 Å². The van der Waals surface area contributed by atoms with Gasteiger partial charge in [-0.05, 0) is 48.4 Å². The van der Waals surface area contributed by atoms with E-state index in [0.717, 1.165) is 10.0 Å². The van der Waals surface area contributed by atoms with Gasteiger partial charge in [-0.15, -0.1) is 0 Å². The molecule has 0 aliphatic rings. The molecule has 4 rings (SSSR count). The third-order valence-electron chi connectivity index (χ3n) is 4.77. The van der Waals surface area contributed by atoms with Crippen LogP contribution in [0.15, 0.2) is 75.0 Å². The molecule has 0 radical (unpaired) electrons. The summed E-state index contributed by atoms with van der Waals surface area (Å²) in [7, 11) is 1.54. The molecule has 0 atom stereocenters. The summed E-state index contributed by atoms with van der Waals surface area (Å²) in [4.78, 5) is 17.4. The summed E-state index contributed by atoms with van der Waals surface area (Å²) in [6.45, 7) is 2.09. The fraction of sp³-hybridized carbons (Fsp3) is 0.125.